The number of imidazole rings is 1. The molecule has 0 saturated heterocycles. The average molecular weight is 247 g/mol. The minimum atomic E-state index is 0.977. The molecule has 0 unspecified atom stereocenters. The molecule has 0 N–H and O–H groups in total. The molecule has 0 fully saturated rings. The van der Waals surface area contributed by atoms with Crippen molar-refractivity contribution in [2.45, 2.75) is 13.5 Å². The summed E-state index contributed by atoms with van der Waals surface area (Å²) < 4.78 is 4.61. The Kier molecular flexibility index (Phi) is 2.12. The van der Waals surface area contributed by atoms with E-state index in [4.69, 9.17) is 0 Å². The van der Waals surface area contributed by atoms with Gasteiger partial charge in [0.25, 0.3) is 5.82 Å². The van der Waals surface area contributed by atoms with Crippen LogP contribution in [-0.4, -0.2) is 4.57 Å². The summed E-state index contributed by atoms with van der Waals surface area (Å²) in [7, 11) is 0. The van der Waals surface area contributed by atoms with Crippen LogP contribution < -0.4 is 4.57 Å². The van der Waals surface area contributed by atoms with Gasteiger partial charge in [-0.3, -0.25) is 0 Å². The van der Waals surface area contributed by atoms with Crippen LogP contribution in [0.5, 0.6) is 0 Å². The van der Waals surface area contributed by atoms with Crippen molar-refractivity contribution in [1.82, 2.24) is 4.57 Å². The third kappa shape index (κ3) is 1.46. The van der Waals surface area contributed by atoms with Crippen molar-refractivity contribution < 1.29 is 4.57 Å². The Labute approximate surface area is 112 Å². The highest BCUT2D eigenvalue weighted by Gasteiger charge is 2.29. The van der Waals surface area contributed by atoms with E-state index in [0.717, 1.165) is 6.54 Å². The molecular weight excluding hydrogens is 232 g/mol. The van der Waals surface area contributed by atoms with Gasteiger partial charge in [0, 0.05) is 5.56 Å². The fourth-order valence-electron chi connectivity index (χ4n) is 2.93. The summed E-state index contributed by atoms with van der Waals surface area (Å²) in [4.78, 5) is 0. The molecular formula is C17H15N2+. The van der Waals surface area contributed by atoms with Gasteiger partial charge in [-0.1, -0.05) is 36.4 Å². The quantitative estimate of drug-likeness (QED) is 0.457. The molecule has 3 aromatic rings. The van der Waals surface area contributed by atoms with Crippen molar-refractivity contribution in [3.05, 3.63) is 72.1 Å². The highest BCUT2D eigenvalue weighted by atomic mass is 15.2. The fourth-order valence-corrected chi connectivity index (χ4v) is 2.93. The molecule has 1 aliphatic rings. The van der Waals surface area contributed by atoms with Crippen LogP contribution in [0.25, 0.3) is 17.1 Å². The first-order chi connectivity index (χ1) is 9.34. The van der Waals surface area contributed by atoms with Gasteiger partial charge in [0.05, 0.1) is 5.56 Å². The molecule has 0 bridgehead atoms. The average Bonchev–Trinajstić information content (AvgIpc) is 2.98. The van der Waals surface area contributed by atoms with E-state index in [1.807, 2.05) is 0 Å². The Morgan fingerprint density at radius 3 is 2.68 bits per heavy atom. The molecule has 0 radical (unpaired) electrons. The van der Waals surface area contributed by atoms with E-state index in [0.29, 0.717) is 0 Å². The van der Waals surface area contributed by atoms with Crippen LogP contribution in [-0.2, 0) is 6.54 Å². The number of nitrogens with zero attached hydrogens (tertiary/aromatic N) is 2. The lowest BCUT2D eigenvalue weighted by Gasteiger charge is -2.03. The van der Waals surface area contributed by atoms with Crippen LogP contribution in [0.2, 0.25) is 0 Å². The summed E-state index contributed by atoms with van der Waals surface area (Å²) in [5.41, 5.74) is 5.30. The van der Waals surface area contributed by atoms with Gasteiger partial charge in [0.15, 0.2) is 0 Å². The molecule has 2 aromatic carbocycles. The van der Waals surface area contributed by atoms with E-state index in [9.17, 15) is 0 Å². The van der Waals surface area contributed by atoms with E-state index in [-0.39, 0.29) is 0 Å². The van der Waals surface area contributed by atoms with Crippen LogP contribution in [0.1, 0.15) is 11.1 Å². The van der Waals surface area contributed by atoms with E-state index in [1.54, 1.807) is 0 Å². The van der Waals surface area contributed by atoms with Gasteiger partial charge >= 0.3 is 0 Å². The summed E-state index contributed by atoms with van der Waals surface area (Å²) in [5, 5.41) is 0. The molecule has 0 amide bonds. The third-order valence-electron chi connectivity index (χ3n) is 3.87. The van der Waals surface area contributed by atoms with Gasteiger partial charge in [-0.15, -0.1) is 0 Å². The van der Waals surface area contributed by atoms with Crippen molar-refractivity contribution in [3.8, 4) is 17.1 Å². The zero-order valence-electron chi connectivity index (χ0n) is 10.9. The summed E-state index contributed by atoms with van der Waals surface area (Å²) in [6.45, 7) is 3.14. The number of rotatable bonds is 1. The van der Waals surface area contributed by atoms with Crippen LogP contribution in [0, 0.1) is 6.92 Å². The number of benzene rings is 2. The standard InChI is InChI=1S/C17H15N2/c1-13-6-2-5-9-16(13)19-11-10-18-12-14-7-3-4-8-15(14)17(18)19/h2-11H,12H2,1H3/q+1. The lowest BCUT2D eigenvalue weighted by Crippen LogP contribution is -2.29. The molecule has 0 spiro atoms. The third-order valence-corrected chi connectivity index (χ3v) is 3.87. The normalized spacial score (nSPS) is 12.3. The van der Waals surface area contributed by atoms with Gasteiger partial charge < -0.3 is 0 Å². The van der Waals surface area contributed by atoms with E-state index >= 15 is 0 Å². The molecule has 0 aliphatic carbocycles. The van der Waals surface area contributed by atoms with Gasteiger partial charge in [0.1, 0.15) is 24.6 Å². The maximum absolute atomic E-state index is 2.32. The van der Waals surface area contributed by atoms with Crippen LogP contribution in [0.3, 0.4) is 0 Å². The number of para-hydroxylation sites is 1. The van der Waals surface area contributed by atoms with Crippen LogP contribution >= 0.6 is 0 Å². The molecule has 92 valence electrons. The maximum Gasteiger partial charge on any atom is 0.294 e. The monoisotopic (exact) mass is 247 g/mol. The molecule has 2 heterocycles. The summed E-state index contributed by atoms with van der Waals surface area (Å²) in [6.07, 6.45) is 4.33. The Balaban J connectivity index is 1.98. The highest BCUT2D eigenvalue weighted by molar-refractivity contribution is 5.63. The Morgan fingerprint density at radius 2 is 1.79 bits per heavy atom. The minimum Gasteiger partial charge on any atom is -0.225 e. The molecule has 4 rings (SSSR count). The molecule has 1 aliphatic heterocycles. The highest BCUT2D eigenvalue weighted by Crippen LogP contribution is 2.29. The lowest BCUT2D eigenvalue weighted by atomic mass is 10.1. The first-order valence-electron chi connectivity index (χ1n) is 6.60. The molecule has 2 nitrogen and oxygen atoms in total. The molecule has 19 heavy (non-hydrogen) atoms. The number of fused-ring (bicyclic) bond motifs is 3. The number of aromatic nitrogens is 2. The van der Waals surface area contributed by atoms with Crippen molar-refractivity contribution in [1.29, 1.82) is 0 Å². The van der Waals surface area contributed by atoms with E-state index in [1.165, 1.54) is 28.2 Å². The van der Waals surface area contributed by atoms with Gasteiger partial charge in [-0.2, -0.15) is 4.57 Å². The number of hydrogen-bond acceptors (Lipinski definition) is 0. The molecule has 0 atom stereocenters. The second kappa shape index (κ2) is 3.82. The van der Waals surface area contributed by atoms with Gasteiger partial charge in [-0.25, -0.2) is 4.57 Å². The Morgan fingerprint density at radius 1 is 1.00 bits per heavy atom. The predicted octanol–water partition coefficient (Wildman–Crippen LogP) is 3.10. The second-order valence-corrected chi connectivity index (χ2v) is 5.06. The van der Waals surface area contributed by atoms with Gasteiger partial charge in [-0.05, 0) is 24.6 Å². The predicted molar refractivity (Wildman–Crippen MR) is 75.2 cm³/mol. The maximum atomic E-state index is 2.32. The van der Waals surface area contributed by atoms with Crippen molar-refractivity contribution in [3.63, 3.8) is 0 Å². The van der Waals surface area contributed by atoms with Crippen LogP contribution in [0.15, 0.2) is 60.9 Å². The molecule has 1 aromatic heterocycles. The van der Waals surface area contributed by atoms with E-state index < -0.39 is 0 Å². The lowest BCUT2D eigenvalue weighted by molar-refractivity contribution is -0.671. The van der Waals surface area contributed by atoms with Crippen molar-refractivity contribution >= 4 is 0 Å². The Bertz CT molecular complexity index is 768. The summed E-state index contributed by atoms with van der Waals surface area (Å²) in [6, 6.07) is 17.2. The second-order valence-electron chi connectivity index (χ2n) is 5.06. The largest absolute Gasteiger partial charge is 0.294 e. The topological polar surface area (TPSA) is 8.81 Å². The van der Waals surface area contributed by atoms with E-state index in [2.05, 4.69) is 77.0 Å². The van der Waals surface area contributed by atoms with Crippen LogP contribution in [0.4, 0.5) is 0 Å². The number of hydrogen-bond donors (Lipinski definition) is 0. The molecule has 0 saturated carbocycles. The van der Waals surface area contributed by atoms with Crippen molar-refractivity contribution in [2.75, 3.05) is 0 Å². The first-order valence-corrected chi connectivity index (χ1v) is 6.60. The number of aryl methyl sites for hydroxylation is 1. The summed E-state index contributed by atoms with van der Waals surface area (Å²) in [5.74, 6) is 1.28. The van der Waals surface area contributed by atoms with Gasteiger partial charge in [0.2, 0.25) is 0 Å². The zero-order valence-corrected chi connectivity index (χ0v) is 10.9. The van der Waals surface area contributed by atoms with Crippen molar-refractivity contribution in [2.24, 2.45) is 0 Å². The molecule has 2 heteroatoms. The Hall–Kier alpha value is -2.35. The SMILES string of the molecule is Cc1ccccc1-n1cc[n+]2c1-c1ccccc1C2. The summed E-state index contributed by atoms with van der Waals surface area (Å²) >= 11 is 0. The zero-order chi connectivity index (χ0) is 12.8. The fraction of sp³-hybridized carbons (Fsp3) is 0.118. The smallest absolute Gasteiger partial charge is 0.225 e. The first kappa shape index (κ1) is 10.6. The minimum absolute atomic E-state index is 0.977.